The molecule has 168 valence electrons. The van der Waals surface area contributed by atoms with Gasteiger partial charge in [-0.2, -0.15) is 0 Å². The summed E-state index contributed by atoms with van der Waals surface area (Å²) in [6.07, 6.45) is 0. The first kappa shape index (κ1) is 22.6. The number of hydrogen-bond acceptors (Lipinski definition) is 7. The molecule has 0 aliphatic carbocycles. The van der Waals surface area contributed by atoms with Crippen molar-refractivity contribution in [1.82, 2.24) is 9.80 Å². The summed E-state index contributed by atoms with van der Waals surface area (Å²) in [5, 5.41) is 0. The lowest BCUT2D eigenvalue weighted by molar-refractivity contribution is 0.0620. The fourth-order valence-corrected chi connectivity index (χ4v) is 3.53. The molecule has 2 aromatic carbocycles. The normalized spacial score (nSPS) is 14.1. The van der Waals surface area contributed by atoms with Gasteiger partial charge < -0.3 is 28.6 Å². The van der Waals surface area contributed by atoms with Gasteiger partial charge in [0.05, 0.1) is 28.4 Å². The first-order valence-electron chi connectivity index (χ1n) is 10.2. The number of benzene rings is 2. The Labute approximate surface area is 183 Å². The van der Waals surface area contributed by atoms with Gasteiger partial charge in [0.25, 0.3) is 5.91 Å². The number of piperazine rings is 1. The largest absolute Gasteiger partial charge is 0.493 e. The molecule has 1 fully saturated rings. The fraction of sp³-hybridized carbons (Fsp3) is 0.435. The molecule has 0 unspecified atom stereocenters. The Morgan fingerprint density at radius 1 is 0.774 bits per heavy atom. The number of ether oxygens (including phenoxy) is 5. The number of carbonyl (C=O) groups excluding carboxylic acids is 1. The van der Waals surface area contributed by atoms with Crippen molar-refractivity contribution in [2.75, 3.05) is 67.8 Å². The second kappa shape index (κ2) is 10.8. The van der Waals surface area contributed by atoms with Crippen molar-refractivity contribution in [2.45, 2.75) is 0 Å². The van der Waals surface area contributed by atoms with E-state index in [9.17, 15) is 4.79 Å². The van der Waals surface area contributed by atoms with Crippen LogP contribution in [-0.2, 0) is 0 Å². The number of methoxy groups -OCH3 is 4. The molecule has 1 amide bonds. The Morgan fingerprint density at radius 3 is 1.97 bits per heavy atom. The van der Waals surface area contributed by atoms with Crippen LogP contribution in [0.2, 0.25) is 0 Å². The highest BCUT2D eigenvalue weighted by Gasteiger charge is 2.23. The second-order valence-corrected chi connectivity index (χ2v) is 7.07. The van der Waals surface area contributed by atoms with Crippen molar-refractivity contribution in [3.05, 3.63) is 42.0 Å². The first-order chi connectivity index (χ1) is 15.1. The molecule has 1 saturated heterocycles. The van der Waals surface area contributed by atoms with Gasteiger partial charge in [-0.3, -0.25) is 9.69 Å². The van der Waals surface area contributed by atoms with Crippen molar-refractivity contribution in [3.63, 3.8) is 0 Å². The summed E-state index contributed by atoms with van der Waals surface area (Å²) in [5.41, 5.74) is 0.600. The van der Waals surface area contributed by atoms with E-state index in [2.05, 4.69) is 4.90 Å². The third kappa shape index (κ3) is 5.52. The molecule has 0 saturated carbocycles. The number of hydrogen-bond donors (Lipinski definition) is 0. The van der Waals surface area contributed by atoms with Crippen molar-refractivity contribution in [2.24, 2.45) is 0 Å². The Balaban J connectivity index is 1.47. The number of amides is 1. The third-order valence-corrected chi connectivity index (χ3v) is 5.32. The standard InChI is InChI=1S/C23H30N2O6/c1-27-19-7-5-17(15-21(19)29-3)23(26)25-11-9-24(10-12-25)13-14-31-18-6-8-20(28-2)22(16-18)30-4/h5-8,15-16H,9-14H2,1-4H3. The van der Waals surface area contributed by atoms with E-state index in [1.807, 2.05) is 23.1 Å². The van der Waals surface area contributed by atoms with E-state index in [0.717, 1.165) is 25.4 Å². The fourth-order valence-electron chi connectivity index (χ4n) is 3.53. The molecule has 31 heavy (non-hydrogen) atoms. The Kier molecular flexibility index (Phi) is 7.83. The average molecular weight is 431 g/mol. The summed E-state index contributed by atoms with van der Waals surface area (Å²) in [6, 6.07) is 10.8. The molecule has 2 aromatic rings. The van der Waals surface area contributed by atoms with Crippen LogP contribution in [0.25, 0.3) is 0 Å². The molecule has 0 radical (unpaired) electrons. The van der Waals surface area contributed by atoms with Gasteiger partial charge >= 0.3 is 0 Å². The smallest absolute Gasteiger partial charge is 0.254 e. The van der Waals surface area contributed by atoms with E-state index >= 15 is 0 Å². The summed E-state index contributed by atoms with van der Waals surface area (Å²) >= 11 is 0. The summed E-state index contributed by atoms with van der Waals surface area (Å²) in [5.74, 6) is 3.21. The van der Waals surface area contributed by atoms with Gasteiger partial charge in [-0.25, -0.2) is 0 Å². The third-order valence-electron chi connectivity index (χ3n) is 5.32. The van der Waals surface area contributed by atoms with Gasteiger partial charge in [0, 0.05) is 44.4 Å². The minimum Gasteiger partial charge on any atom is -0.493 e. The van der Waals surface area contributed by atoms with Crippen LogP contribution in [0.3, 0.4) is 0 Å². The second-order valence-electron chi connectivity index (χ2n) is 7.07. The van der Waals surface area contributed by atoms with Crippen LogP contribution in [0.1, 0.15) is 10.4 Å². The minimum atomic E-state index is 0.00202. The molecule has 0 aromatic heterocycles. The lowest BCUT2D eigenvalue weighted by Crippen LogP contribution is -2.49. The van der Waals surface area contributed by atoms with Crippen LogP contribution >= 0.6 is 0 Å². The van der Waals surface area contributed by atoms with Crippen LogP contribution in [0, 0.1) is 0 Å². The number of rotatable bonds is 9. The highest BCUT2D eigenvalue weighted by Crippen LogP contribution is 2.31. The van der Waals surface area contributed by atoms with E-state index in [0.29, 0.717) is 48.3 Å². The van der Waals surface area contributed by atoms with Crippen molar-refractivity contribution in [1.29, 1.82) is 0 Å². The van der Waals surface area contributed by atoms with Crippen LogP contribution < -0.4 is 23.7 Å². The zero-order chi connectivity index (χ0) is 22.2. The van der Waals surface area contributed by atoms with Gasteiger partial charge in [-0.1, -0.05) is 0 Å². The van der Waals surface area contributed by atoms with E-state index in [1.54, 1.807) is 46.6 Å². The topological polar surface area (TPSA) is 69.7 Å². The molecule has 0 bridgehead atoms. The zero-order valence-electron chi connectivity index (χ0n) is 18.6. The minimum absolute atomic E-state index is 0.00202. The molecule has 8 heteroatoms. The molecule has 0 N–H and O–H groups in total. The molecule has 0 spiro atoms. The Hall–Kier alpha value is -3.13. The zero-order valence-corrected chi connectivity index (χ0v) is 18.6. The number of carbonyl (C=O) groups is 1. The highest BCUT2D eigenvalue weighted by atomic mass is 16.5. The van der Waals surface area contributed by atoms with Crippen LogP contribution in [0.15, 0.2) is 36.4 Å². The lowest BCUT2D eigenvalue weighted by atomic mass is 10.1. The molecular formula is C23H30N2O6. The van der Waals surface area contributed by atoms with Crippen molar-refractivity contribution < 1.29 is 28.5 Å². The van der Waals surface area contributed by atoms with Gasteiger partial charge in [0.15, 0.2) is 23.0 Å². The maximum atomic E-state index is 12.9. The predicted octanol–water partition coefficient (Wildman–Crippen LogP) is 2.56. The molecule has 0 atom stereocenters. The van der Waals surface area contributed by atoms with Gasteiger partial charge in [-0.05, 0) is 30.3 Å². The van der Waals surface area contributed by atoms with Gasteiger partial charge in [-0.15, -0.1) is 0 Å². The molecule has 1 heterocycles. The molecule has 8 nitrogen and oxygen atoms in total. The Bertz CT molecular complexity index is 880. The maximum absolute atomic E-state index is 12.9. The highest BCUT2D eigenvalue weighted by molar-refractivity contribution is 5.95. The summed E-state index contributed by atoms with van der Waals surface area (Å²) in [6.45, 7) is 4.28. The van der Waals surface area contributed by atoms with E-state index in [1.165, 1.54) is 0 Å². The Morgan fingerprint density at radius 2 is 1.35 bits per heavy atom. The van der Waals surface area contributed by atoms with E-state index in [4.69, 9.17) is 23.7 Å². The van der Waals surface area contributed by atoms with E-state index < -0.39 is 0 Å². The predicted molar refractivity (Wildman–Crippen MR) is 117 cm³/mol. The van der Waals surface area contributed by atoms with Crippen molar-refractivity contribution >= 4 is 5.91 Å². The first-order valence-corrected chi connectivity index (χ1v) is 10.2. The quantitative estimate of drug-likeness (QED) is 0.606. The molecule has 1 aliphatic rings. The average Bonchev–Trinajstić information content (AvgIpc) is 2.83. The van der Waals surface area contributed by atoms with E-state index in [-0.39, 0.29) is 5.91 Å². The lowest BCUT2D eigenvalue weighted by Gasteiger charge is -2.34. The molecule has 3 rings (SSSR count). The summed E-state index contributed by atoms with van der Waals surface area (Å²) in [7, 11) is 6.35. The monoisotopic (exact) mass is 430 g/mol. The summed E-state index contributed by atoms with van der Waals surface area (Å²) < 4.78 is 27.0. The SMILES string of the molecule is COc1ccc(OCCN2CCN(C(=O)c3ccc(OC)c(OC)c3)CC2)cc1OC. The van der Waals surface area contributed by atoms with Gasteiger partial charge in [0.2, 0.25) is 0 Å². The molecule has 1 aliphatic heterocycles. The van der Waals surface area contributed by atoms with Crippen LogP contribution in [0.5, 0.6) is 28.7 Å². The molecular weight excluding hydrogens is 400 g/mol. The van der Waals surface area contributed by atoms with Crippen LogP contribution in [0.4, 0.5) is 0 Å². The maximum Gasteiger partial charge on any atom is 0.254 e. The van der Waals surface area contributed by atoms with Crippen LogP contribution in [-0.4, -0.2) is 83.5 Å². The number of nitrogens with zero attached hydrogens (tertiary/aromatic N) is 2. The van der Waals surface area contributed by atoms with Gasteiger partial charge in [0.1, 0.15) is 12.4 Å². The summed E-state index contributed by atoms with van der Waals surface area (Å²) in [4.78, 5) is 17.0. The van der Waals surface area contributed by atoms with Crippen molar-refractivity contribution in [3.8, 4) is 28.7 Å².